The third-order valence-electron chi connectivity index (χ3n) is 4.37. The lowest BCUT2D eigenvalue weighted by atomic mass is 9.81. The van der Waals surface area contributed by atoms with E-state index in [-0.39, 0.29) is 36.1 Å². The number of piperidine rings is 1. The Bertz CT molecular complexity index is 703. The van der Waals surface area contributed by atoms with Crippen molar-refractivity contribution in [3.8, 4) is 0 Å². The van der Waals surface area contributed by atoms with Crippen molar-refractivity contribution in [3.05, 3.63) is 41.0 Å². The third kappa shape index (κ3) is 4.96. The van der Waals surface area contributed by atoms with Gasteiger partial charge in [0.2, 0.25) is 0 Å². The SMILES string of the molecule is CC1(CNC(=O)c2ccc3ccc(Cl)cc3n2)CCNCC1.Cl.Cl. The largest absolute Gasteiger partial charge is 0.350 e. The summed E-state index contributed by atoms with van der Waals surface area (Å²) in [5, 5.41) is 7.98. The number of amides is 1. The van der Waals surface area contributed by atoms with Gasteiger partial charge in [0.15, 0.2) is 0 Å². The Kier molecular flexibility index (Phi) is 7.74. The highest BCUT2D eigenvalue weighted by Crippen LogP contribution is 2.26. The summed E-state index contributed by atoms with van der Waals surface area (Å²) in [5.41, 5.74) is 1.35. The summed E-state index contributed by atoms with van der Waals surface area (Å²) < 4.78 is 0. The number of nitrogens with zero attached hydrogens (tertiary/aromatic N) is 1. The van der Waals surface area contributed by atoms with Crippen LogP contribution in [-0.4, -0.2) is 30.5 Å². The second-order valence-electron chi connectivity index (χ2n) is 6.28. The van der Waals surface area contributed by atoms with E-state index in [1.54, 1.807) is 12.1 Å². The van der Waals surface area contributed by atoms with Crippen LogP contribution in [-0.2, 0) is 0 Å². The van der Waals surface area contributed by atoms with Gasteiger partial charge >= 0.3 is 0 Å². The quantitative estimate of drug-likeness (QED) is 0.837. The fraction of sp³-hybridized carbons (Fsp3) is 0.412. The number of benzene rings is 1. The number of hydrogen-bond acceptors (Lipinski definition) is 3. The Morgan fingerprint density at radius 2 is 1.92 bits per heavy atom. The minimum absolute atomic E-state index is 0. The maximum Gasteiger partial charge on any atom is 0.269 e. The summed E-state index contributed by atoms with van der Waals surface area (Å²) >= 11 is 5.99. The van der Waals surface area contributed by atoms with Gasteiger partial charge in [0.25, 0.3) is 5.91 Å². The number of fused-ring (bicyclic) bond motifs is 1. The molecule has 1 aliphatic rings. The number of rotatable bonds is 3. The molecule has 0 bridgehead atoms. The molecule has 3 rings (SSSR count). The standard InChI is InChI=1S/C17H20ClN3O.2ClH/c1-17(6-8-19-9-7-17)11-20-16(22)14-5-3-12-2-4-13(18)10-15(12)21-14;;/h2-5,10,19H,6-9,11H2,1H3,(H,20,22);2*1H. The van der Waals surface area contributed by atoms with Gasteiger partial charge in [-0.1, -0.05) is 30.7 Å². The van der Waals surface area contributed by atoms with Crippen molar-refractivity contribution in [1.82, 2.24) is 15.6 Å². The normalized spacial score (nSPS) is 15.9. The maximum atomic E-state index is 12.3. The number of nitrogens with one attached hydrogen (secondary N) is 2. The van der Waals surface area contributed by atoms with Gasteiger partial charge in [-0.15, -0.1) is 24.8 Å². The predicted molar refractivity (Wildman–Crippen MR) is 104 cm³/mol. The zero-order valence-electron chi connectivity index (χ0n) is 13.5. The van der Waals surface area contributed by atoms with Crippen LogP contribution >= 0.6 is 36.4 Å². The second-order valence-corrected chi connectivity index (χ2v) is 6.71. The number of aromatic nitrogens is 1. The molecule has 24 heavy (non-hydrogen) atoms. The molecule has 1 aliphatic heterocycles. The first-order valence-corrected chi connectivity index (χ1v) is 7.99. The van der Waals surface area contributed by atoms with Crippen molar-refractivity contribution in [2.45, 2.75) is 19.8 Å². The first-order valence-electron chi connectivity index (χ1n) is 7.61. The van der Waals surface area contributed by atoms with Gasteiger partial charge in [-0.2, -0.15) is 0 Å². The molecule has 2 N–H and O–H groups in total. The van der Waals surface area contributed by atoms with E-state index in [1.165, 1.54) is 0 Å². The van der Waals surface area contributed by atoms with E-state index in [1.807, 2.05) is 18.2 Å². The second kappa shape index (κ2) is 8.86. The van der Waals surface area contributed by atoms with E-state index < -0.39 is 0 Å². The molecule has 1 aromatic heterocycles. The topological polar surface area (TPSA) is 54.0 Å². The third-order valence-corrected chi connectivity index (χ3v) is 4.61. The number of carbonyl (C=O) groups is 1. The summed E-state index contributed by atoms with van der Waals surface area (Å²) in [6.07, 6.45) is 2.15. The van der Waals surface area contributed by atoms with Crippen molar-refractivity contribution >= 4 is 53.2 Å². The molecular weight excluding hydrogens is 369 g/mol. The van der Waals surface area contributed by atoms with Gasteiger partial charge in [0.1, 0.15) is 5.69 Å². The summed E-state index contributed by atoms with van der Waals surface area (Å²) in [5.74, 6) is -0.123. The van der Waals surface area contributed by atoms with Crippen molar-refractivity contribution < 1.29 is 4.79 Å². The minimum atomic E-state index is -0.123. The molecule has 1 aromatic carbocycles. The lowest BCUT2D eigenvalue weighted by molar-refractivity contribution is 0.0917. The molecule has 0 unspecified atom stereocenters. The van der Waals surface area contributed by atoms with Gasteiger partial charge in [-0.3, -0.25) is 4.79 Å². The molecule has 0 aliphatic carbocycles. The van der Waals surface area contributed by atoms with Gasteiger partial charge in [-0.05, 0) is 49.5 Å². The molecular formula is C17H22Cl3N3O. The van der Waals surface area contributed by atoms with Crippen LogP contribution < -0.4 is 10.6 Å². The molecule has 0 spiro atoms. The molecule has 1 fully saturated rings. The van der Waals surface area contributed by atoms with Crippen molar-refractivity contribution in [3.63, 3.8) is 0 Å². The fourth-order valence-electron chi connectivity index (χ4n) is 2.81. The van der Waals surface area contributed by atoms with Crippen LogP contribution in [0.3, 0.4) is 0 Å². The molecule has 2 aromatic rings. The van der Waals surface area contributed by atoms with E-state index in [4.69, 9.17) is 11.6 Å². The molecule has 0 atom stereocenters. The van der Waals surface area contributed by atoms with Crippen LogP contribution in [0.2, 0.25) is 5.02 Å². The number of pyridine rings is 1. The molecule has 7 heteroatoms. The Labute approximate surface area is 159 Å². The molecule has 0 saturated carbocycles. The van der Waals surface area contributed by atoms with E-state index in [0.717, 1.165) is 36.8 Å². The summed E-state index contributed by atoms with van der Waals surface area (Å²) in [6.45, 7) is 4.93. The van der Waals surface area contributed by atoms with Crippen LogP contribution in [0.15, 0.2) is 30.3 Å². The minimum Gasteiger partial charge on any atom is -0.350 e. The molecule has 4 nitrogen and oxygen atoms in total. The predicted octanol–water partition coefficient (Wildman–Crippen LogP) is 3.85. The van der Waals surface area contributed by atoms with E-state index in [9.17, 15) is 4.79 Å². The molecule has 2 heterocycles. The number of hydrogen-bond donors (Lipinski definition) is 2. The van der Waals surface area contributed by atoms with Gasteiger partial charge < -0.3 is 10.6 Å². The van der Waals surface area contributed by atoms with Gasteiger partial charge in [-0.25, -0.2) is 4.98 Å². The van der Waals surface area contributed by atoms with E-state index in [0.29, 0.717) is 17.3 Å². The summed E-state index contributed by atoms with van der Waals surface area (Å²) in [6, 6.07) is 9.17. The fourth-order valence-corrected chi connectivity index (χ4v) is 2.97. The first-order chi connectivity index (χ1) is 10.6. The zero-order chi connectivity index (χ0) is 15.6. The van der Waals surface area contributed by atoms with Crippen molar-refractivity contribution in [2.75, 3.05) is 19.6 Å². The molecule has 1 saturated heterocycles. The lowest BCUT2D eigenvalue weighted by Crippen LogP contribution is -2.43. The van der Waals surface area contributed by atoms with Crippen molar-refractivity contribution in [2.24, 2.45) is 5.41 Å². The molecule has 0 radical (unpaired) electrons. The van der Waals surface area contributed by atoms with Gasteiger partial charge in [0, 0.05) is 17.0 Å². The van der Waals surface area contributed by atoms with E-state index >= 15 is 0 Å². The van der Waals surface area contributed by atoms with Crippen LogP contribution in [0.5, 0.6) is 0 Å². The first kappa shape index (κ1) is 21.0. The summed E-state index contributed by atoms with van der Waals surface area (Å²) in [7, 11) is 0. The van der Waals surface area contributed by atoms with Crippen LogP contribution in [0.25, 0.3) is 10.9 Å². The van der Waals surface area contributed by atoms with E-state index in [2.05, 4.69) is 22.5 Å². The van der Waals surface area contributed by atoms with Gasteiger partial charge in [0.05, 0.1) is 5.52 Å². The number of halogens is 3. The highest BCUT2D eigenvalue weighted by molar-refractivity contribution is 6.31. The number of carbonyl (C=O) groups excluding carboxylic acids is 1. The zero-order valence-corrected chi connectivity index (χ0v) is 15.9. The lowest BCUT2D eigenvalue weighted by Gasteiger charge is -2.34. The average molecular weight is 391 g/mol. The monoisotopic (exact) mass is 389 g/mol. The maximum absolute atomic E-state index is 12.3. The van der Waals surface area contributed by atoms with Crippen molar-refractivity contribution in [1.29, 1.82) is 0 Å². The highest BCUT2D eigenvalue weighted by Gasteiger charge is 2.27. The smallest absolute Gasteiger partial charge is 0.269 e. The Morgan fingerprint density at radius 1 is 1.25 bits per heavy atom. The van der Waals surface area contributed by atoms with Crippen LogP contribution in [0.1, 0.15) is 30.3 Å². The van der Waals surface area contributed by atoms with Crippen LogP contribution in [0, 0.1) is 5.41 Å². The summed E-state index contributed by atoms with van der Waals surface area (Å²) in [4.78, 5) is 16.7. The molecule has 132 valence electrons. The van der Waals surface area contributed by atoms with Crippen LogP contribution in [0.4, 0.5) is 0 Å². The Hall–Kier alpha value is -1.07. The Morgan fingerprint density at radius 3 is 2.62 bits per heavy atom. The average Bonchev–Trinajstić information content (AvgIpc) is 2.52. The Balaban J connectivity index is 0.00000144. The highest BCUT2D eigenvalue weighted by atomic mass is 35.5. The molecule has 1 amide bonds.